The number of hydrogen-bond acceptors (Lipinski definition) is 4. The molecule has 2 atom stereocenters. The van der Waals surface area contributed by atoms with Crippen LogP contribution in [0.4, 0.5) is 0 Å². The maximum Gasteiger partial charge on any atom is 0.268 e. The Morgan fingerprint density at radius 1 is 1.12 bits per heavy atom. The Balaban J connectivity index is 1.71. The van der Waals surface area contributed by atoms with Crippen molar-refractivity contribution in [3.63, 3.8) is 0 Å². The molecule has 0 bridgehead atoms. The quantitative estimate of drug-likeness (QED) is 0.748. The van der Waals surface area contributed by atoms with Crippen LogP contribution in [0.3, 0.4) is 0 Å². The lowest BCUT2D eigenvalue weighted by molar-refractivity contribution is 0.182. The number of ether oxygens (including phenoxy) is 1. The average molecular weight is 370 g/mol. The predicted octanol–water partition coefficient (Wildman–Crippen LogP) is 3.40. The van der Waals surface area contributed by atoms with Gasteiger partial charge in [0.1, 0.15) is 11.9 Å². The van der Waals surface area contributed by atoms with Crippen LogP contribution in [0.5, 0.6) is 5.75 Å². The van der Waals surface area contributed by atoms with Gasteiger partial charge in [-0.05, 0) is 56.6 Å². The fraction of sp³-hybridized carbons (Fsp3) is 0.300. The molecule has 0 radical (unpaired) electrons. The van der Waals surface area contributed by atoms with E-state index in [0.717, 1.165) is 24.8 Å². The topological polar surface area (TPSA) is 60.3 Å². The minimum Gasteiger partial charge on any atom is -0.488 e. The van der Waals surface area contributed by atoms with Crippen LogP contribution in [0.15, 0.2) is 65.7 Å². The maximum atomic E-state index is 13.0. The van der Waals surface area contributed by atoms with Crippen molar-refractivity contribution in [2.75, 3.05) is 6.54 Å². The molecule has 2 heterocycles. The number of fused-ring (bicyclic) bond motifs is 1. The lowest BCUT2D eigenvalue weighted by atomic mass is 10.1. The number of hydrogen-bond donors (Lipinski definition) is 1. The lowest BCUT2D eigenvalue weighted by Gasteiger charge is -2.21. The van der Waals surface area contributed by atoms with E-state index >= 15 is 0 Å². The average Bonchev–Trinajstić information content (AvgIpc) is 3.33. The summed E-state index contributed by atoms with van der Waals surface area (Å²) < 4.78 is 33.4. The number of nitrogens with one attached hydrogen (secondary N) is 1. The Morgan fingerprint density at radius 2 is 1.92 bits per heavy atom. The van der Waals surface area contributed by atoms with E-state index in [1.165, 1.54) is 3.97 Å². The molecule has 2 unspecified atom stereocenters. The molecule has 5 nitrogen and oxygen atoms in total. The number of nitrogens with zero attached hydrogens (tertiary/aromatic N) is 1. The number of aromatic nitrogens is 1. The zero-order valence-corrected chi connectivity index (χ0v) is 15.4. The highest BCUT2D eigenvalue weighted by Crippen LogP contribution is 2.30. The van der Waals surface area contributed by atoms with Gasteiger partial charge in [-0.3, -0.25) is 0 Å². The van der Waals surface area contributed by atoms with Gasteiger partial charge in [0.15, 0.2) is 0 Å². The first-order valence-electron chi connectivity index (χ1n) is 8.88. The monoisotopic (exact) mass is 370 g/mol. The molecule has 0 aliphatic carbocycles. The molecule has 136 valence electrons. The summed E-state index contributed by atoms with van der Waals surface area (Å²) in [5, 5.41) is 4.25. The van der Waals surface area contributed by atoms with Crippen LogP contribution in [0, 0.1) is 0 Å². The summed E-state index contributed by atoms with van der Waals surface area (Å²) in [6.45, 7) is 3.08. The first kappa shape index (κ1) is 17.1. The SMILES string of the molecule is CC(Oc1cccc2c1ccn2S(=O)(=O)c1ccccc1)C1CCCN1. The Morgan fingerprint density at radius 3 is 2.65 bits per heavy atom. The van der Waals surface area contributed by atoms with Crippen molar-refractivity contribution in [1.29, 1.82) is 0 Å². The smallest absolute Gasteiger partial charge is 0.268 e. The normalized spacial score (nSPS) is 18.9. The zero-order chi connectivity index (χ0) is 18.1. The largest absolute Gasteiger partial charge is 0.488 e. The van der Waals surface area contributed by atoms with Gasteiger partial charge >= 0.3 is 0 Å². The van der Waals surface area contributed by atoms with Gasteiger partial charge in [-0.1, -0.05) is 24.3 Å². The van der Waals surface area contributed by atoms with E-state index in [9.17, 15) is 8.42 Å². The second kappa shape index (κ2) is 6.78. The van der Waals surface area contributed by atoms with E-state index in [2.05, 4.69) is 12.2 Å². The van der Waals surface area contributed by atoms with Gasteiger partial charge in [0.25, 0.3) is 10.0 Å². The molecule has 4 rings (SSSR count). The number of benzene rings is 2. The fourth-order valence-corrected chi connectivity index (χ4v) is 4.90. The van der Waals surface area contributed by atoms with E-state index in [1.807, 2.05) is 12.1 Å². The first-order valence-corrected chi connectivity index (χ1v) is 10.3. The lowest BCUT2D eigenvalue weighted by Crippen LogP contribution is -2.36. The minimum absolute atomic E-state index is 0.0252. The van der Waals surface area contributed by atoms with Crippen molar-refractivity contribution in [2.24, 2.45) is 0 Å². The molecule has 0 spiro atoms. The molecule has 2 aromatic carbocycles. The molecule has 6 heteroatoms. The molecular formula is C20H22N2O3S. The highest BCUT2D eigenvalue weighted by molar-refractivity contribution is 7.90. The molecule has 26 heavy (non-hydrogen) atoms. The van der Waals surface area contributed by atoms with Gasteiger partial charge in [0.2, 0.25) is 0 Å². The standard InChI is InChI=1S/C20H22N2O3S/c1-15(18-9-6-13-21-18)25-20-11-5-10-19-17(20)12-14-22(19)26(23,24)16-7-3-2-4-8-16/h2-5,7-8,10-12,14-15,18,21H,6,9,13H2,1H3. The Bertz CT molecular complexity index is 1010. The van der Waals surface area contributed by atoms with Crippen LogP contribution in [0.2, 0.25) is 0 Å². The van der Waals surface area contributed by atoms with Gasteiger partial charge in [0, 0.05) is 17.6 Å². The van der Waals surface area contributed by atoms with Crippen molar-refractivity contribution in [1.82, 2.24) is 9.29 Å². The molecule has 0 saturated carbocycles. The summed E-state index contributed by atoms with van der Waals surface area (Å²) in [6, 6.07) is 16.1. The molecule has 1 fully saturated rings. The van der Waals surface area contributed by atoms with Crippen molar-refractivity contribution >= 4 is 20.9 Å². The van der Waals surface area contributed by atoms with Crippen LogP contribution in [-0.4, -0.2) is 31.1 Å². The molecule has 1 aliphatic heterocycles. The van der Waals surface area contributed by atoms with Crippen molar-refractivity contribution in [3.05, 3.63) is 60.8 Å². The molecule has 1 saturated heterocycles. The molecule has 1 aromatic heterocycles. The van der Waals surface area contributed by atoms with E-state index in [4.69, 9.17) is 4.74 Å². The van der Waals surface area contributed by atoms with Crippen LogP contribution < -0.4 is 10.1 Å². The van der Waals surface area contributed by atoms with Crippen LogP contribution in [0.1, 0.15) is 19.8 Å². The second-order valence-electron chi connectivity index (χ2n) is 6.64. The van der Waals surface area contributed by atoms with E-state index in [0.29, 0.717) is 17.3 Å². The highest BCUT2D eigenvalue weighted by Gasteiger charge is 2.24. The summed E-state index contributed by atoms with van der Waals surface area (Å²) in [5.41, 5.74) is 0.623. The summed E-state index contributed by atoms with van der Waals surface area (Å²) >= 11 is 0. The maximum absolute atomic E-state index is 13.0. The molecular weight excluding hydrogens is 348 g/mol. The highest BCUT2D eigenvalue weighted by atomic mass is 32.2. The fourth-order valence-electron chi connectivity index (χ4n) is 3.53. The number of rotatable bonds is 5. The van der Waals surface area contributed by atoms with Crippen LogP contribution in [-0.2, 0) is 10.0 Å². The second-order valence-corrected chi connectivity index (χ2v) is 8.46. The third kappa shape index (κ3) is 2.99. The van der Waals surface area contributed by atoms with Gasteiger partial charge in [-0.15, -0.1) is 0 Å². The molecule has 1 N–H and O–H groups in total. The predicted molar refractivity (Wildman–Crippen MR) is 102 cm³/mol. The van der Waals surface area contributed by atoms with Crippen molar-refractivity contribution in [2.45, 2.75) is 36.8 Å². The van der Waals surface area contributed by atoms with Gasteiger partial charge in [-0.2, -0.15) is 0 Å². The minimum atomic E-state index is -3.63. The summed E-state index contributed by atoms with van der Waals surface area (Å²) in [7, 11) is -3.63. The molecule has 0 amide bonds. The molecule has 3 aromatic rings. The van der Waals surface area contributed by atoms with Crippen LogP contribution >= 0.6 is 0 Å². The van der Waals surface area contributed by atoms with Gasteiger partial charge in [-0.25, -0.2) is 12.4 Å². The van der Waals surface area contributed by atoms with E-state index in [-0.39, 0.29) is 11.0 Å². The van der Waals surface area contributed by atoms with Gasteiger partial charge < -0.3 is 10.1 Å². The van der Waals surface area contributed by atoms with Crippen molar-refractivity contribution in [3.8, 4) is 5.75 Å². The summed E-state index contributed by atoms with van der Waals surface area (Å²) in [5.74, 6) is 0.714. The van der Waals surface area contributed by atoms with Gasteiger partial charge in [0.05, 0.1) is 10.4 Å². The first-order chi connectivity index (χ1) is 12.6. The van der Waals surface area contributed by atoms with Crippen molar-refractivity contribution < 1.29 is 13.2 Å². The molecule has 1 aliphatic rings. The van der Waals surface area contributed by atoms with E-state index < -0.39 is 10.0 Å². The van der Waals surface area contributed by atoms with E-state index in [1.54, 1.807) is 48.7 Å². The van der Waals surface area contributed by atoms with Crippen LogP contribution in [0.25, 0.3) is 10.9 Å². The Kier molecular flexibility index (Phi) is 4.46. The summed E-state index contributed by atoms with van der Waals surface area (Å²) in [4.78, 5) is 0.271. The zero-order valence-electron chi connectivity index (χ0n) is 14.6. The third-order valence-electron chi connectivity index (χ3n) is 4.94. The summed E-state index contributed by atoms with van der Waals surface area (Å²) in [6.07, 6.45) is 3.88. The third-order valence-corrected chi connectivity index (χ3v) is 6.64. The Labute approximate surface area is 153 Å². The Hall–Kier alpha value is -2.31.